The van der Waals surface area contributed by atoms with Crippen LogP contribution in [0.5, 0.6) is 0 Å². The van der Waals surface area contributed by atoms with Gasteiger partial charge in [-0.1, -0.05) is 54.6 Å². The van der Waals surface area contributed by atoms with Crippen LogP contribution in [0.4, 0.5) is 0 Å². The molecule has 0 radical (unpaired) electrons. The van der Waals surface area contributed by atoms with E-state index in [0.29, 0.717) is 0 Å². The number of nitrogens with one attached hydrogen (secondary N) is 1. The average Bonchev–Trinajstić information content (AvgIpc) is 2.58. The van der Waals surface area contributed by atoms with Crippen molar-refractivity contribution in [3.05, 3.63) is 60.2 Å². The Kier molecular flexibility index (Phi) is 3.19. The minimum atomic E-state index is 0.845. The predicted octanol–water partition coefficient (Wildman–Crippen LogP) is 4.36. The van der Waals surface area contributed by atoms with E-state index in [-0.39, 0.29) is 0 Å². The summed E-state index contributed by atoms with van der Waals surface area (Å²) >= 11 is 0. The second-order valence-corrected chi connectivity index (χ2v) is 6.41. The van der Waals surface area contributed by atoms with Gasteiger partial charge in [0, 0.05) is 12.5 Å². The lowest BCUT2D eigenvalue weighted by molar-refractivity contribution is -0.467. The Labute approximate surface area is 136 Å². The van der Waals surface area contributed by atoms with Crippen LogP contribution in [0.1, 0.15) is 12.5 Å². The van der Waals surface area contributed by atoms with E-state index in [1.807, 2.05) is 0 Å². The summed E-state index contributed by atoms with van der Waals surface area (Å²) in [5, 5.41) is 11.6. The largest absolute Gasteiger partial charge is 0.274 e. The van der Waals surface area contributed by atoms with Gasteiger partial charge < -0.3 is 0 Å². The Morgan fingerprint density at radius 1 is 0.826 bits per heavy atom. The van der Waals surface area contributed by atoms with Crippen LogP contribution in [0.3, 0.4) is 0 Å². The highest BCUT2D eigenvalue weighted by atomic mass is 15.1. The molecule has 114 valence electrons. The molecule has 0 aliphatic rings. The smallest absolute Gasteiger partial charge is 0.241 e. The van der Waals surface area contributed by atoms with Crippen LogP contribution in [0.25, 0.3) is 32.3 Å². The predicted molar refractivity (Wildman–Crippen MR) is 99.8 cm³/mol. The van der Waals surface area contributed by atoms with E-state index >= 15 is 0 Å². The summed E-state index contributed by atoms with van der Waals surface area (Å²) in [6, 6.07) is 20.0. The van der Waals surface area contributed by atoms with Gasteiger partial charge >= 0.3 is 0 Å². The van der Waals surface area contributed by atoms with Gasteiger partial charge in [0.1, 0.15) is 6.54 Å². The fourth-order valence-corrected chi connectivity index (χ4v) is 3.33. The van der Waals surface area contributed by atoms with Crippen molar-refractivity contribution in [3.8, 4) is 0 Å². The van der Waals surface area contributed by atoms with Gasteiger partial charge in [-0.3, -0.25) is 9.89 Å². The molecule has 0 heterocycles. The molecule has 0 spiro atoms. The van der Waals surface area contributed by atoms with E-state index in [1.54, 1.807) is 0 Å². The molecule has 0 aliphatic heterocycles. The van der Waals surface area contributed by atoms with Crippen molar-refractivity contribution < 1.29 is 4.58 Å². The summed E-state index contributed by atoms with van der Waals surface area (Å²) in [6.45, 7) is 2.95. The summed E-state index contributed by atoms with van der Waals surface area (Å²) in [5.74, 6) is 1.18. The normalized spacial score (nSPS) is 11.4. The molecule has 0 unspecified atom stereocenters. The third-order valence-electron chi connectivity index (χ3n) is 4.82. The molecule has 4 aromatic rings. The molecule has 0 aromatic heterocycles. The van der Waals surface area contributed by atoms with Crippen molar-refractivity contribution >= 4 is 38.2 Å². The van der Waals surface area contributed by atoms with Crippen molar-refractivity contribution in [2.45, 2.75) is 13.5 Å². The molecule has 1 N–H and O–H groups in total. The van der Waals surface area contributed by atoms with Crippen LogP contribution in [0.15, 0.2) is 54.6 Å². The van der Waals surface area contributed by atoms with Gasteiger partial charge in [0.05, 0.1) is 14.1 Å². The Morgan fingerprint density at radius 3 is 2.13 bits per heavy atom. The van der Waals surface area contributed by atoms with E-state index in [2.05, 4.69) is 85.5 Å². The first-order valence-corrected chi connectivity index (χ1v) is 8.05. The van der Waals surface area contributed by atoms with Gasteiger partial charge in [0.2, 0.25) is 5.84 Å². The Bertz CT molecular complexity index is 1020. The number of hydrogen-bond donors (Lipinski definition) is 1. The van der Waals surface area contributed by atoms with Gasteiger partial charge in [-0.15, -0.1) is 0 Å². The molecular formula is C21H21N2+. The first-order chi connectivity index (χ1) is 11.1. The second-order valence-electron chi connectivity index (χ2n) is 6.41. The minimum absolute atomic E-state index is 0.845. The minimum Gasteiger partial charge on any atom is -0.274 e. The summed E-state index contributed by atoms with van der Waals surface area (Å²) in [7, 11) is 4.12. The number of nitrogens with zero attached hydrogens (tertiary/aromatic N) is 1. The molecule has 0 saturated carbocycles. The lowest BCUT2D eigenvalue weighted by Gasteiger charge is -2.13. The summed E-state index contributed by atoms with van der Waals surface area (Å²) in [5.41, 5.74) is 1.34. The van der Waals surface area contributed by atoms with Gasteiger partial charge in [-0.25, -0.2) is 0 Å². The lowest BCUT2D eigenvalue weighted by Crippen LogP contribution is -2.27. The molecule has 23 heavy (non-hydrogen) atoms. The summed E-state index contributed by atoms with van der Waals surface area (Å²) in [6.07, 6.45) is 0. The molecule has 2 nitrogen and oxygen atoms in total. The summed E-state index contributed by atoms with van der Waals surface area (Å²) < 4.78 is 2.11. The van der Waals surface area contributed by atoms with Gasteiger partial charge in [0.25, 0.3) is 0 Å². The fraction of sp³-hybridized carbons (Fsp3) is 0.190. The van der Waals surface area contributed by atoms with E-state index in [4.69, 9.17) is 0 Å². The van der Waals surface area contributed by atoms with E-state index in [1.165, 1.54) is 43.7 Å². The zero-order valence-corrected chi connectivity index (χ0v) is 13.9. The first-order valence-electron chi connectivity index (χ1n) is 8.05. The molecule has 0 fully saturated rings. The zero-order chi connectivity index (χ0) is 16.0. The van der Waals surface area contributed by atoms with Gasteiger partial charge in [-0.05, 0) is 32.3 Å². The maximum atomic E-state index is 3.52. The number of amidine groups is 1. The molecule has 0 atom stereocenters. The van der Waals surface area contributed by atoms with Gasteiger partial charge in [0.15, 0.2) is 0 Å². The third-order valence-corrected chi connectivity index (χ3v) is 4.82. The van der Waals surface area contributed by atoms with Crippen LogP contribution in [0, 0.1) is 0 Å². The molecule has 0 amide bonds. The zero-order valence-electron chi connectivity index (χ0n) is 13.9. The maximum absolute atomic E-state index is 3.52. The van der Waals surface area contributed by atoms with Crippen molar-refractivity contribution in [2.75, 3.05) is 14.1 Å². The van der Waals surface area contributed by atoms with Crippen LogP contribution in [-0.2, 0) is 6.54 Å². The Balaban J connectivity index is 1.95. The second kappa shape index (κ2) is 5.24. The first kappa shape index (κ1) is 14.0. The molecule has 2 heteroatoms. The van der Waals surface area contributed by atoms with Crippen molar-refractivity contribution in [3.63, 3.8) is 0 Å². The lowest BCUT2D eigenvalue weighted by atomic mass is 9.92. The van der Waals surface area contributed by atoms with Crippen LogP contribution in [0.2, 0.25) is 0 Å². The van der Waals surface area contributed by atoms with Crippen LogP contribution >= 0.6 is 0 Å². The highest BCUT2D eigenvalue weighted by molar-refractivity contribution is 6.23. The highest BCUT2D eigenvalue weighted by Crippen LogP contribution is 2.35. The highest BCUT2D eigenvalue weighted by Gasteiger charge is 2.11. The fourth-order valence-electron chi connectivity index (χ4n) is 3.33. The monoisotopic (exact) mass is 301 g/mol. The van der Waals surface area contributed by atoms with Gasteiger partial charge in [-0.2, -0.15) is 0 Å². The molecule has 0 aliphatic carbocycles. The van der Waals surface area contributed by atoms with E-state index in [9.17, 15) is 0 Å². The third kappa shape index (κ3) is 2.22. The van der Waals surface area contributed by atoms with Crippen LogP contribution in [-0.4, -0.2) is 24.5 Å². The standard InChI is InChI=1S/C21H20N2/c1-14(23(2)3)22-13-18-10-9-17-8-7-15-5-4-6-16-11-12-19(18)21(17)20(15)16/h4-12H,13H2,1-3H3/p+1. The Morgan fingerprint density at radius 2 is 1.43 bits per heavy atom. The van der Waals surface area contributed by atoms with Crippen LogP contribution < -0.4 is 5.32 Å². The summed E-state index contributed by atoms with van der Waals surface area (Å²) in [4.78, 5) is 0. The Hall–Kier alpha value is -2.61. The molecule has 0 bridgehead atoms. The van der Waals surface area contributed by atoms with Crippen molar-refractivity contribution in [2.24, 2.45) is 0 Å². The number of rotatable bonds is 2. The van der Waals surface area contributed by atoms with E-state index in [0.717, 1.165) is 6.54 Å². The van der Waals surface area contributed by atoms with Crippen molar-refractivity contribution in [1.82, 2.24) is 5.32 Å². The molecule has 4 rings (SSSR count). The number of benzene rings is 4. The maximum Gasteiger partial charge on any atom is 0.241 e. The quantitative estimate of drug-likeness (QED) is 0.251. The SMILES string of the molecule is CC(NCc1ccc2ccc3cccc4ccc1c2c34)=[N+](C)C. The van der Waals surface area contributed by atoms with E-state index < -0.39 is 0 Å². The molecule has 4 aromatic carbocycles. The average molecular weight is 301 g/mol. The topological polar surface area (TPSA) is 15.0 Å². The molecule has 0 saturated heterocycles. The molecular weight excluding hydrogens is 280 g/mol. The number of hydrogen-bond acceptors (Lipinski definition) is 0. The van der Waals surface area contributed by atoms with Crippen molar-refractivity contribution in [1.29, 1.82) is 0 Å².